The predicted octanol–water partition coefficient (Wildman–Crippen LogP) is 2.35. The Kier molecular flexibility index (Phi) is 4.69. The maximum absolute atomic E-state index is 13.1. The SMILES string of the molecule is COc1nc(OC)c(-c2cc3cc(NC(=O)[C@@H]4C[C@@H]4F)ncc3n2C)c(OC)n1. The molecule has 1 amide bonds. The number of ether oxygens (including phenoxy) is 3. The smallest absolute Gasteiger partial charge is 0.322 e. The summed E-state index contributed by atoms with van der Waals surface area (Å²) in [6.07, 6.45) is 0.843. The van der Waals surface area contributed by atoms with Crippen molar-refractivity contribution in [3.63, 3.8) is 0 Å². The minimum atomic E-state index is -1.06. The quantitative estimate of drug-likeness (QED) is 0.677. The molecule has 0 aromatic carbocycles. The van der Waals surface area contributed by atoms with Crippen molar-refractivity contribution in [1.29, 1.82) is 0 Å². The van der Waals surface area contributed by atoms with Gasteiger partial charge in [0.15, 0.2) is 0 Å². The van der Waals surface area contributed by atoms with E-state index in [1.54, 1.807) is 12.3 Å². The van der Waals surface area contributed by atoms with E-state index < -0.39 is 12.1 Å². The number of hydrogen-bond acceptors (Lipinski definition) is 7. The molecule has 1 aliphatic carbocycles. The lowest BCUT2D eigenvalue weighted by Crippen LogP contribution is -2.15. The van der Waals surface area contributed by atoms with E-state index in [0.29, 0.717) is 23.1 Å². The third kappa shape index (κ3) is 3.30. The Balaban J connectivity index is 1.77. The van der Waals surface area contributed by atoms with E-state index in [2.05, 4.69) is 20.3 Å². The Bertz CT molecular complexity index is 1070. The van der Waals surface area contributed by atoms with Gasteiger partial charge in [-0.05, 0) is 18.6 Å². The van der Waals surface area contributed by atoms with Crippen LogP contribution in [0, 0.1) is 5.92 Å². The number of aryl methyl sites for hydroxylation is 1. The summed E-state index contributed by atoms with van der Waals surface area (Å²) in [5.41, 5.74) is 2.10. The van der Waals surface area contributed by atoms with Crippen molar-refractivity contribution in [2.45, 2.75) is 12.6 Å². The van der Waals surface area contributed by atoms with Crippen LogP contribution in [0.3, 0.4) is 0 Å². The largest absolute Gasteiger partial charge is 0.480 e. The third-order valence-electron chi connectivity index (χ3n) is 4.88. The molecule has 1 N–H and O–H groups in total. The van der Waals surface area contributed by atoms with E-state index in [4.69, 9.17) is 14.2 Å². The number of anilines is 1. The van der Waals surface area contributed by atoms with E-state index in [1.165, 1.54) is 21.3 Å². The molecular formula is C19H20FN5O4. The van der Waals surface area contributed by atoms with Crippen molar-refractivity contribution in [3.05, 3.63) is 18.3 Å². The number of pyridine rings is 1. The van der Waals surface area contributed by atoms with Gasteiger partial charge in [-0.2, -0.15) is 9.97 Å². The predicted molar refractivity (Wildman–Crippen MR) is 103 cm³/mol. The third-order valence-corrected chi connectivity index (χ3v) is 4.88. The number of fused-ring (bicyclic) bond motifs is 1. The van der Waals surface area contributed by atoms with E-state index in [0.717, 1.165) is 16.6 Å². The second kappa shape index (κ2) is 7.19. The minimum Gasteiger partial charge on any atom is -0.480 e. The van der Waals surface area contributed by atoms with Gasteiger partial charge in [-0.25, -0.2) is 9.37 Å². The second-order valence-corrected chi connectivity index (χ2v) is 6.67. The molecule has 1 aliphatic rings. The van der Waals surface area contributed by atoms with E-state index in [1.807, 2.05) is 17.7 Å². The highest BCUT2D eigenvalue weighted by atomic mass is 19.1. The van der Waals surface area contributed by atoms with Crippen molar-refractivity contribution in [3.8, 4) is 29.0 Å². The van der Waals surface area contributed by atoms with Crippen LogP contribution in [0.15, 0.2) is 18.3 Å². The number of alkyl halides is 1. The highest BCUT2D eigenvalue weighted by Crippen LogP contribution is 2.40. The van der Waals surface area contributed by atoms with E-state index in [9.17, 15) is 9.18 Å². The lowest BCUT2D eigenvalue weighted by molar-refractivity contribution is -0.117. The molecule has 1 fully saturated rings. The molecule has 4 rings (SSSR count). The van der Waals surface area contributed by atoms with Crippen LogP contribution in [0.25, 0.3) is 22.2 Å². The summed E-state index contributed by atoms with van der Waals surface area (Å²) in [6, 6.07) is 3.74. The van der Waals surface area contributed by atoms with Gasteiger partial charge in [0.1, 0.15) is 17.6 Å². The van der Waals surface area contributed by atoms with Gasteiger partial charge < -0.3 is 24.1 Å². The Morgan fingerprint density at radius 3 is 2.38 bits per heavy atom. The summed E-state index contributed by atoms with van der Waals surface area (Å²) in [4.78, 5) is 24.7. The summed E-state index contributed by atoms with van der Waals surface area (Å²) < 4.78 is 30.9. The molecule has 0 bridgehead atoms. The van der Waals surface area contributed by atoms with Gasteiger partial charge in [0.25, 0.3) is 0 Å². The fourth-order valence-corrected chi connectivity index (χ4v) is 3.20. The van der Waals surface area contributed by atoms with Gasteiger partial charge in [-0.3, -0.25) is 4.79 Å². The standard InChI is InChI=1S/C19H20FN5O4/c1-25-12(15-17(27-2)23-19(29-4)24-18(15)28-3)5-9-6-14(21-8-13(9)25)22-16(26)10-7-11(10)20/h5-6,8,10-11H,7H2,1-4H3,(H,21,22,26)/t10-,11+/m1/s1. The van der Waals surface area contributed by atoms with Crippen LogP contribution >= 0.6 is 0 Å². The lowest BCUT2D eigenvalue weighted by atomic mass is 10.2. The van der Waals surface area contributed by atoms with Gasteiger partial charge in [0.2, 0.25) is 17.7 Å². The van der Waals surface area contributed by atoms with Crippen molar-refractivity contribution < 1.29 is 23.4 Å². The Morgan fingerprint density at radius 1 is 1.17 bits per heavy atom. The molecule has 3 aromatic heterocycles. The topological polar surface area (TPSA) is 100 Å². The van der Waals surface area contributed by atoms with Crippen LogP contribution in [0.2, 0.25) is 0 Å². The van der Waals surface area contributed by atoms with Crippen LogP contribution < -0.4 is 19.5 Å². The first-order valence-corrected chi connectivity index (χ1v) is 8.91. The van der Waals surface area contributed by atoms with Gasteiger partial charge in [0, 0.05) is 12.4 Å². The second-order valence-electron chi connectivity index (χ2n) is 6.67. The van der Waals surface area contributed by atoms with Gasteiger partial charge in [-0.15, -0.1) is 0 Å². The van der Waals surface area contributed by atoms with Crippen LogP contribution in [-0.2, 0) is 11.8 Å². The first kappa shape index (κ1) is 18.9. The summed E-state index contributed by atoms with van der Waals surface area (Å²) in [7, 11) is 6.31. The Morgan fingerprint density at radius 2 is 1.83 bits per heavy atom. The monoisotopic (exact) mass is 401 g/mol. The molecule has 2 atom stereocenters. The maximum Gasteiger partial charge on any atom is 0.322 e. The fourth-order valence-electron chi connectivity index (χ4n) is 3.20. The zero-order valence-corrected chi connectivity index (χ0v) is 16.4. The fraction of sp³-hybridized carbons (Fsp3) is 0.368. The van der Waals surface area contributed by atoms with Gasteiger partial charge in [-0.1, -0.05) is 0 Å². The molecule has 9 nitrogen and oxygen atoms in total. The van der Waals surface area contributed by atoms with Crippen molar-refractivity contribution >= 4 is 22.6 Å². The van der Waals surface area contributed by atoms with Crippen LogP contribution in [-0.4, -0.2) is 52.9 Å². The zero-order chi connectivity index (χ0) is 20.7. The number of halogens is 1. The maximum atomic E-state index is 13.1. The van der Waals surface area contributed by atoms with Crippen LogP contribution in [0.4, 0.5) is 10.2 Å². The van der Waals surface area contributed by atoms with Gasteiger partial charge >= 0.3 is 6.01 Å². The molecule has 29 heavy (non-hydrogen) atoms. The number of aromatic nitrogens is 4. The lowest BCUT2D eigenvalue weighted by Gasteiger charge is -2.13. The number of nitrogens with zero attached hydrogens (tertiary/aromatic N) is 4. The van der Waals surface area contributed by atoms with Crippen LogP contribution in [0.1, 0.15) is 6.42 Å². The van der Waals surface area contributed by atoms with Gasteiger partial charge in [0.05, 0.1) is 44.7 Å². The summed E-state index contributed by atoms with van der Waals surface area (Å²) in [5, 5.41) is 3.48. The number of hydrogen-bond donors (Lipinski definition) is 1. The number of carbonyl (C=O) groups excluding carboxylic acids is 1. The molecule has 0 radical (unpaired) electrons. The molecule has 1 saturated carbocycles. The summed E-state index contributed by atoms with van der Waals surface area (Å²) in [5.74, 6) is 0.0208. The molecular weight excluding hydrogens is 381 g/mol. The molecule has 3 heterocycles. The highest BCUT2D eigenvalue weighted by molar-refractivity contribution is 5.96. The summed E-state index contributed by atoms with van der Waals surface area (Å²) >= 11 is 0. The molecule has 3 aromatic rings. The average molecular weight is 401 g/mol. The van der Waals surface area contributed by atoms with E-state index in [-0.39, 0.29) is 18.3 Å². The van der Waals surface area contributed by atoms with Crippen molar-refractivity contribution in [2.24, 2.45) is 13.0 Å². The number of carbonyl (C=O) groups is 1. The molecule has 0 unspecified atom stereocenters. The number of amides is 1. The number of rotatable bonds is 6. The highest BCUT2D eigenvalue weighted by Gasteiger charge is 2.43. The zero-order valence-electron chi connectivity index (χ0n) is 16.4. The number of methoxy groups -OCH3 is 3. The number of nitrogens with one attached hydrogen (secondary N) is 1. The van der Waals surface area contributed by atoms with Crippen molar-refractivity contribution in [2.75, 3.05) is 26.6 Å². The molecule has 0 spiro atoms. The first-order chi connectivity index (χ1) is 14.0. The van der Waals surface area contributed by atoms with Crippen LogP contribution in [0.5, 0.6) is 17.8 Å². The van der Waals surface area contributed by atoms with E-state index >= 15 is 0 Å². The Labute approximate surface area is 165 Å². The first-order valence-electron chi connectivity index (χ1n) is 8.91. The Hall–Kier alpha value is -3.43. The normalized spacial score (nSPS) is 17.8. The molecule has 0 saturated heterocycles. The molecule has 10 heteroatoms. The molecule has 0 aliphatic heterocycles. The minimum absolute atomic E-state index is 0.124. The van der Waals surface area contributed by atoms with Crippen molar-refractivity contribution in [1.82, 2.24) is 19.5 Å². The molecule has 152 valence electrons. The average Bonchev–Trinajstić information content (AvgIpc) is 3.38. The summed E-state index contributed by atoms with van der Waals surface area (Å²) in [6.45, 7) is 0.